The molecular formula is C15H17Cl2NO5. The zero-order valence-corrected chi connectivity index (χ0v) is 14.0. The van der Waals surface area contributed by atoms with Gasteiger partial charge in [0.25, 0.3) is 0 Å². The Hall–Kier alpha value is -1.50. The molecule has 2 atom stereocenters. The van der Waals surface area contributed by atoms with Gasteiger partial charge in [0.15, 0.2) is 6.23 Å². The summed E-state index contributed by atoms with van der Waals surface area (Å²) in [5.74, 6) is -0.305. The van der Waals surface area contributed by atoms with Gasteiger partial charge in [-0.1, -0.05) is 29.3 Å². The van der Waals surface area contributed by atoms with Crippen molar-refractivity contribution in [2.75, 3.05) is 13.2 Å². The lowest BCUT2D eigenvalue weighted by Gasteiger charge is -2.24. The molecule has 0 aliphatic carbocycles. The third-order valence-corrected chi connectivity index (χ3v) is 3.99. The number of aliphatic hydroxyl groups is 1. The van der Waals surface area contributed by atoms with E-state index in [1.54, 1.807) is 25.1 Å². The number of amides is 1. The number of ether oxygens (including phenoxy) is 2. The van der Waals surface area contributed by atoms with E-state index in [0.717, 1.165) is 0 Å². The Kier molecular flexibility index (Phi) is 6.10. The summed E-state index contributed by atoms with van der Waals surface area (Å²) < 4.78 is 9.77. The van der Waals surface area contributed by atoms with Crippen LogP contribution in [0.5, 0.6) is 0 Å². The van der Waals surface area contributed by atoms with E-state index in [1.807, 2.05) is 0 Å². The van der Waals surface area contributed by atoms with Crippen molar-refractivity contribution in [2.45, 2.75) is 32.1 Å². The maximum atomic E-state index is 12.4. The lowest BCUT2D eigenvalue weighted by Crippen LogP contribution is -2.39. The summed E-state index contributed by atoms with van der Waals surface area (Å²) in [6.45, 7) is 1.91. The zero-order chi connectivity index (χ0) is 17.0. The normalized spacial score (nSPS) is 20.4. The van der Waals surface area contributed by atoms with Crippen molar-refractivity contribution < 1.29 is 24.2 Å². The SMILES string of the molecule is CCOC(=O)OC1CC(O)CN1C(=O)Cc1ccc(Cl)cc1Cl. The molecule has 1 aliphatic heterocycles. The van der Waals surface area contributed by atoms with Crippen LogP contribution in [0.25, 0.3) is 0 Å². The van der Waals surface area contributed by atoms with Crippen LogP contribution >= 0.6 is 23.2 Å². The van der Waals surface area contributed by atoms with Gasteiger partial charge in [0.2, 0.25) is 5.91 Å². The number of carbonyl (C=O) groups excluding carboxylic acids is 2. The molecule has 1 fully saturated rings. The van der Waals surface area contributed by atoms with Gasteiger partial charge in [0.1, 0.15) is 0 Å². The average molecular weight is 362 g/mol. The zero-order valence-electron chi connectivity index (χ0n) is 12.5. The first-order chi connectivity index (χ1) is 10.9. The van der Waals surface area contributed by atoms with Crippen molar-refractivity contribution in [3.63, 3.8) is 0 Å². The summed E-state index contributed by atoms with van der Waals surface area (Å²) in [4.78, 5) is 25.2. The number of nitrogens with zero attached hydrogens (tertiary/aromatic N) is 1. The van der Waals surface area contributed by atoms with E-state index in [9.17, 15) is 14.7 Å². The molecule has 0 aromatic heterocycles. The molecule has 1 N–H and O–H groups in total. The molecule has 2 rings (SSSR count). The molecule has 1 aromatic carbocycles. The number of benzene rings is 1. The maximum Gasteiger partial charge on any atom is 0.510 e. The lowest BCUT2D eigenvalue weighted by molar-refractivity contribution is -0.138. The third kappa shape index (κ3) is 4.73. The van der Waals surface area contributed by atoms with Crippen LogP contribution in [0.15, 0.2) is 18.2 Å². The summed E-state index contributed by atoms with van der Waals surface area (Å²) in [5, 5.41) is 10.6. The summed E-state index contributed by atoms with van der Waals surface area (Å²) in [7, 11) is 0. The lowest BCUT2D eigenvalue weighted by atomic mass is 10.1. The molecule has 1 aliphatic rings. The first kappa shape index (κ1) is 17.8. The van der Waals surface area contributed by atoms with Crippen LogP contribution in [0.4, 0.5) is 4.79 Å². The van der Waals surface area contributed by atoms with Gasteiger partial charge >= 0.3 is 6.16 Å². The molecule has 23 heavy (non-hydrogen) atoms. The molecule has 0 saturated carbocycles. The minimum Gasteiger partial charge on any atom is -0.435 e. The van der Waals surface area contributed by atoms with Crippen molar-refractivity contribution >= 4 is 35.3 Å². The topological polar surface area (TPSA) is 76.1 Å². The third-order valence-electron chi connectivity index (χ3n) is 3.40. The minimum absolute atomic E-state index is 0.0193. The van der Waals surface area contributed by atoms with E-state index >= 15 is 0 Å². The van der Waals surface area contributed by atoms with Crippen molar-refractivity contribution in [1.29, 1.82) is 0 Å². The Labute approximate surface area is 143 Å². The van der Waals surface area contributed by atoms with Gasteiger partial charge < -0.3 is 19.5 Å². The number of hydrogen-bond acceptors (Lipinski definition) is 5. The van der Waals surface area contributed by atoms with Crippen LogP contribution in [-0.4, -0.2) is 47.6 Å². The van der Waals surface area contributed by atoms with Crippen molar-refractivity contribution in [3.8, 4) is 0 Å². The standard InChI is InChI=1S/C15H17Cl2NO5/c1-2-22-15(21)23-14-7-11(19)8-18(14)13(20)5-9-3-4-10(16)6-12(9)17/h3-4,6,11,14,19H,2,5,7-8H2,1H3. The van der Waals surface area contributed by atoms with E-state index in [1.165, 1.54) is 4.90 Å². The van der Waals surface area contributed by atoms with Crippen LogP contribution < -0.4 is 0 Å². The highest BCUT2D eigenvalue weighted by Gasteiger charge is 2.37. The summed E-state index contributed by atoms with van der Waals surface area (Å²) >= 11 is 11.9. The van der Waals surface area contributed by atoms with E-state index < -0.39 is 18.5 Å². The molecule has 0 bridgehead atoms. The van der Waals surface area contributed by atoms with E-state index in [0.29, 0.717) is 15.6 Å². The van der Waals surface area contributed by atoms with Crippen molar-refractivity contribution in [2.24, 2.45) is 0 Å². The van der Waals surface area contributed by atoms with Crippen LogP contribution in [0, 0.1) is 0 Å². The highest BCUT2D eigenvalue weighted by Crippen LogP contribution is 2.25. The molecule has 1 amide bonds. The van der Waals surface area contributed by atoms with Crippen LogP contribution in [0.1, 0.15) is 18.9 Å². The highest BCUT2D eigenvalue weighted by atomic mass is 35.5. The number of β-amino-alcohol motifs (C(OH)–C–C–N with tert-alkyl or cyclic N) is 1. The van der Waals surface area contributed by atoms with Gasteiger partial charge in [-0.15, -0.1) is 0 Å². The summed E-state index contributed by atoms with van der Waals surface area (Å²) in [6, 6.07) is 4.86. The maximum absolute atomic E-state index is 12.4. The van der Waals surface area contributed by atoms with Gasteiger partial charge in [-0.05, 0) is 24.6 Å². The van der Waals surface area contributed by atoms with Gasteiger partial charge in [0, 0.05) is 16.5 Å². The quantitative estimate of drug-likeness (QED) is 0.834. The average Bonchev–Trinajstić information content (AvgIpc) is 2.83. The predicted molar refractivity (Wildman–Crippen MR) is 84.4 cm³/mol. The monoisotopic (exact) mass is 361 g/mol. The Balaban J connectivity index is 2.05. The number of hydrogen-bond donors (Lipinski definition) is 1. The van der Waals surface area contributed by atoms with Gasteiger partial charge in [-0.25, -0.2) is 4.79 Å². The van der Waals surface area contributed by atoms with Crippen LogP contribution in [0.3, 0.4) is 0 Å². The number of halogens is 2. The van der Waals surface area contributed by atoms with Gasteiger partial charge in [-0.3, -0.25) is 4.79 Å². The van der Waals surface area contributed by atoms with E-state index in [4.69, 9.17) is 32.7 Å². The first-order valence-electron chi connectivity index (χ1n) is 7.15. The molecule has 2 unspecified atom stereocenters. The summed E-state index contributed by atoms with van der Waals surface area (Å²) in [6.07, 6.45) is -2.29. The van der Waals surface area contributed by atoms with E-state index in [-0.39, 0.29) is 31.9 Å². The Morgan fingerprint density at radius 1 is 1.39 bits per heavy atom. The molecule has 0 radical (unpaired) electrons. The van der Waals surface area contributed by atoms with Crippen molar-refractivity contribution in [3.05, 3.63) is 33.8 Å². The Morgan fingerprint density at radius 2 is 2.13 bits per heavy atom. The first-order valence-corrected chi connectivity index (χ1v) is 7.91. The fraction of sp³-hybridized carbons (Fsp3) is 0.467. The molecule has 6 nitrogen and oxygen atoms in total. The smallest absolute Gasteiger partial charge is 0.435 e. The predicted octanol–water partition coefficient (Wildman–Crippen LogP) is 2.63. The molecule has 1 heterocycles. The Morgan fingerprint density at radius 3 is 2.78 bits per heavy atom. The molecule has 1 saturated heterocycles. The largest absolute Gasteiger partial charge is 0.510 e. The number of carbonyl (C=O) groups is 2. The molecular weight excluding hydrogens is 345 g/mol. The fourth-order valence-electron chi connectivity index (χ4n) is 2.35. The van der Waals surface area contributed by atoms with Gasteiger partial charge in [0.05, 0.1) is 25.7 Å². The second kappa shape index (κ2) is 7.86. The second-order valence-corrected chi connectivity index (χ2v) is 5.95. The van der Waals surface area contributed by atoms with Crippen LogP contribution in [0.2, 0.25) is 10.0 Å². The second-order valence-electron chi connectivity index (χ2n) is 5.10. The number of aliphatic hydroxyl groups excluding tert-OH is 1. The molecule has 126 valence electrons. The highest BCUT2D eigenvalue weighted by molar-refractivity contribution is 6.35. The van der Waals surface area contributed by atoms with Crippen molar-refractivity contribution in [1.82, 2.24) is 4.90 Å². The Bertz CT molecular complexity index is 595. The minimum atomic E-state index is -0.867. The molecule has 1 aromatic rings. The number of likely N-dealkylation sites (tertiary alicyclic amines) is 1. The summed E-state index contributed by atoms with van der Waals surface area (Å²) in [5.41, 5.74) is 0.609. The fourth-order valence-corrected chi connectivity index (χ4v) is 2.82. The molecule has 8 heteroatoms. The van der Waals surface area contributed by atoms with Crippen LogP contribution in [-0.2, 0) is 20.7 Å². The van der Waals surface area contributed by atoms with Gasteiger partial charge in [-0.2, -0.15) is 0 Å². The van der Waals surface area contributed by atoms with E-state index in [2.05, 4.69) is 0 Å². The molecule has 0 spiro atoms. The number of rotatable bonds is 4.